The molecule has 0 spiro atoms. The number of nitrogens with zero attached hydrogens (tertiary/aromatic N) is 1. The van der Waals surface area contributed by atoms with Crippen LogP contribution in [0.2, 0.25) is 10.0 Å². The number of rotatable bonds is 8. The maximum Gasteiger partial charge on any atom is 0.303 e. The van der Waals surface area contributed by atoms with Crippen molar-refractivity contribution in [3.05, 3.63) is 63.1 Å². The molecule has 0 aliphatic rings. The van der Waals surface area contributed by atoms with Crippen LogP contribution in [0.4, 0.5) is 0 Å². The van der Waals surface area contributed by atoms with Gasteiger partial charge in [0.2, 0.25) is 0 Å². The number of aryl methyl sites for hydroxylation is 1. The standard InChI is InChI=1S/C21H23Cl2NO3/c1-13-11-17(23)12-18(21(13)27)20(15-7-9-16(22)10-8-15)24-14(2)5-3-4-6-19(25)26/h7-12,14,27H,3-6H2,1-2H3,(H,25,26). The van der Waals surface area contributed by atoms with Gasteiger partial charge in [-0.1, -0.05) is 41.8 Å². The van der Waals surface area contributed by atoms with E-state index in [9.17, 15) is 9.90 Å². The first-order valence-electron chi connectivity index (χ1n) is 8.83. The molecular formula is C21H23Cl2NO3. The van der Waals surface area contributed by atoms with Crippen molar-refractivity contribution in [2.45, 2.75) is 45.6 Å². The van der Waals surface area contributed by atoms with Crippen LogP contribution in [0.1, 0.15) is 49.3 Å². The Balaban J connectivity index is 2.36. The summed E-state index contributed by atoms with van der Waals surface area (Å²) in [5.41, 5.74) is 2.71. The van der Waals surface area contributed by atoms with E-state index in [1.54, 1.807) is 31.2 Å². The van der Waals surface area contributed by atoms with E-state index in [0.717, 1.165) is 18.4 Å². The molecule has 1 atom stereocenters. The Labute approximate surface area is 169 Å². The van der Waals surface area contributed by atoms with Crippen LogP contribution in [0, 0.1) is 6.92 Å². The summed E-state index contributed by atoms with van der Waals surface area (Å²) in [5.74, 6) is -0.640. The van der Waals surface area contributed by atoms with Crippen molar-refractivity contribution in [1.82, 2.24) is 0 Å². The quantitative estimate of drug-likeness (QED) is 0.423. The van der Waals surface area contributed by atoms with E-state index in [1.165, 1.54) is 0 Å². The number of hydrogen-bond acceptors (Lipinski definition) is 3. The first-order valence-corrected chi connectivity index (χ1v) is 9.58. The molecule has 144 valence electrons. The summed E-state index contributed by atoms with van der Waals surface area (Å²) in [4.78, 5) is 15.5. The fraction of sp³-hybridized carbons (Fsp3) is 0.333. The number of hydrogen-bond donors (Lipinski definition) is 2. The normalized spacial score (nSPS) is 12.8. The number of carboxylic acid groups (broad SMARTS) is 1. The summed E-state index contributed by atoms with van der Waals surface area (Å²) in [6.07, 6.45) is 2.30. The van der Waals surface area contributed by atoms with Gasteiger partial charge in [0.1, 0.15) is 5.75 Å². The molecule has 2 aromatic carbocycles. The minimum atomic E-state index is -0.785. The van der Waals surface area contributed by atoms with Crippen LogP contribution in [0.5, 0.6) is 5.75 Å². The monoisotopic (exact) mass is 407 g/mol. The maximum atomic E-state index is 10.6. The van der Waals surface area contributed by atoms with Gasteiger partial charge in [0.25, 0.3) is 0 Å². The average Bonchev–Trinajstić information content (AvgIpc) is 2.60. The van der Waals surface area contributed by atoms with Gasteiger partial charge >= 0.3 is 5.97 Å². The Hall–Kier alpha value is -2.04. The molecular weight excluding hydrogens is 385 g/mol. The first kappa shape index (κ1) is 21.3. The van der Waals surface area contributed by atoms with Gasteiger partial charge in [0.05, 0.1) is 5.71 Å². The highest BCUT2D eigenvalue weighted by atomic mass is 35.5. The summed E-state index contributed by atoms with van der Waals surface area (Å²) in [5, 5.41) is 20.5. The molecule has 0 bridgehead atoms. The summed E-state index contributed by atoms with van der Waals surface area (Å²) in [7, 11) is 0. The molecule has 6 heteroatoms. The molecule has 0 aliphatic heterocycles. The molecule has 27 heavy (non-hydrogen) atoms. The minimum Gasteiger partial charge on any atom is -0.507 e. The Kier molecular flexibility index (Phi) is 7.69. The lowest BCUT2D eigenvalue weighted by atomic mass is 9.98. The first-order chi connectivity index (χ1) is 12.8. The zero-order valence-electron chi connectivity index (χ0n) is 15.4. The Morgan fingerprint density at radius 1 is 1.11 bits per heavy atom. The van der Waals surface area contributed by atoms with Crippen LogP contribution in [-0.2, 0) is 4.79 Å². The van der Waals surface area contributed by atoms with Crippen LogP contribution < -0.4 is 0 Å². The van der Waals surface area contributed by atoms with Gasteiger partial charge in [-0.2, -0.15) is 0 Å². The average molecular weight is 408 g/mol. The van der Waals surface area contributed by atoms with Gasteiger partial charge in [-0.3, -0.25) is 9.79 Å². The van der Waals surface area contributed by atoms with E-state index in [1.807, 2.05) is 19.1 Å². The van der Waals surface area contributed by atoms with E-state index < -0.39 is 5.97 Å². The van der Waals surface area contributed by atoms with Gasteiger partial charge in [-0.15, -0.1) is 0 Å². The van der Waals surface area contributed by atoms with Crippen LogP contribution in [0.3, 0.4) is 0 Å². The van der Waals surface area contributed by atoms with E-state index in [2.05, 4.69) is 0 Å². The lowest BCUT2D eigenvalue weighted by Gasteiger charge is -2.15. The van der Waals surface area contributed by atoms with Crippen molar-refractivity contribution >= 4 is 34.9 Å². The lowest BCUT2D eigenvalue weighted by molar-refractivity contribution is -0.137. The van der Waals surface area contributed by atoms with Crippen molar-refractivity contribution in [3.63, 3.8) is 0 Å². The number of aliphatic imine (C=N–C) groups is 1. The number of carbonyl (C=O) groups is 1. The van der Waals surface area contributed by atoms with Crippen molar-refractivity contribution in [3.8, 4) is 5.75 Å². The van der Waals surface area contributed by atoms with E-state index in [-0.39, 0.29) is 18.2 Å². The van der Waals surface area contributed by atoms with E-state index >= 15 is 0 Å². The van der Waals surface area contributed by atoms with Crippen molar-refractivity contribution < 1.29 is 15.0 Å². The Bertz CT molecular complexity index is 832. The number of carboxylic acids is 1. The molecule has 0 amide bonds. The van der Waals surface area contributed by atoms with Crippen LogP contribution in [0.25, 0.3) is 0 Å². The molecule has 4 nitrogen and oxygen atoms in total. The molecule has 0 aliphatic carbocycles. The topological polar surface area (TPSA) is 69.9 Å². The van der Waals surface area contributed by atoms with Gasteiger partial charge in [0, 0.05) is 33.6 Å². The number of aliphatic carboxylic acids is 1. The molecule has 0 radical (unpaired) electrons. The molecule has 1 unspecified atom stereocenters. The number of phenols is 1. The predicted molar refractivity (Wildman–Crippen MR) is 111 cm³/mol. The molecule has 0 aromatic heterocycles. The molecule has 0 fully saturated rings. The van der Waals surface area contributed by atoms with Crippen LogP contribution >= 0.6 is 23.2 Å². The van der Waals surface area contributed by atoms with Crippen molar-refractivity contribution in [2.24, 2.45) is 4.99 Å². The molecule has 2 aromatic rings. The second-order valence-corrected chi connectivity index (χ2v) is 7.46. The van der Waals surface area contributed by atoms with E-state index in [0.29, 0.717) is 33.3 Å². The SMILES string of the molecule is Cc1cc(Cl)cc(C(=NC(C)CCCCC(=O)O)c2ccc(Cl)cc2)c1O. The third kappa shape index (κ3) is 6.26. The number of unbranched alkanes of at least 4 members (excludes halogenated alkanes) is 1. The zero-order valence-corrected chi connectivity index (χ0v) is 16.9. The number of aromatic hydroxyl groups is 1. The summed E-state index contributed by atoms with van der Waals surface area (Å²) >= 11 is 12.2. The lowest BCUT2D eigenvalue weighted by Crippen LogP contribution is -2.10. The van der Waals surface area contributed by atoms with Crippen molar-refractivity contribution in [2.75, 3.05) is 0 Å². The summed E-state index contributed by atoms with van der Waals surface area (Å²) in [6, 6.07) is 10.6. The molecule has 0 heterocycles. The van der Waals surface area contributed by atoms with Gasteiger partial charge < -0.3 is 10.2 Å². The predicted octanol–water partition coefficient (Wildman–Crippen LogP) is 5.88. The van der Waals surface area contributed by atoms with Crippen molar-refractivity contribution in [1.29, 1.82) is 0 Å². The fourth-order valence-corrected chi connectivity index (χ4v) is 3.22. The molecule has 0 saturated carbocycles. The largest absolute Gasteiger partial charge is 0.507 e. The highest BCUT2D eigenvalue weighted by Crippen LogP contribution is 2.30. The van der Waals surface area contributed by atoms with Gasteiger partial charge in [-0.05, 0) is 56.5 Å². The van der Waals surface area contributed by atoms with Gasteiger partial charge in [0.15, 0.2) is 0 Å². The summed E-state index contributed by atoms with van der Waals surface area (Å²) < 4.78 is 0. The minimum absolute atomic E-state index is 0.0387. The second kappa shape index (κ2) is 9.77. The highest BCUT2D eigenvalue weighted by molar-refractivity contribution is 6.32. The van der Waals surface area contributed by atoms with Gasteiger partial charge in [-0.25, -0.2) is 0 Å². The smallest absolute Gasteiger partial charge is 0.303 e. The third-order valence-corrected chi connectivity index (χ3v) is 4.72. The number of phenolic OH excluding ortho intramolecular Hbond substituents is 1. The third-order valence-electron chi connectivity index (χ3n) is 4.25. The zero-order chi connectivity index (χ0) is 20.0. The Morgan fingerprint density at radius 2 is 1.78 bits per heavy atom. The van der Waals surface area contributed by atoms with Crippen LogP contribution in [-0.4, -0.2) is 27.9 Å². The fourth-order valence-electron chi connectivity index (χ4n) is 2.82. The number of halogens is 2. The molecule has 0 saturated heterocycles. The van der Waals surface area contributed by atoms with Crippen LogP contribution in [0.15, 0.2) is 41.4 Å². The number of benzene rings is 2. The Morgan fingerprint density at radius 3 is 2.41 bits per heavy atom. The maximum absolute atomic E-state index is 10.6. The van der Waals surface area contributed by atoms with E-state index in [4.69, 9.17) is 33.3 Å². The highest BCUT2D eigenvalue weighted by Gasteiger charge is 2.16. The molecule has 2 rings (SSSR count). The second-order valence-electron chi connectivity index (χ2n) is 6.59. The molecule has 2 N–H and O–H groups in total. The summed E-state index contributed by atoms with van der Waals surface area (Å²) in [6.45, 7) is 3.77.